The summed E-state index contributed by atoms with van der Waals surface area (Å²) in [6.07, 6.45) is 1.57. The van der Waals surface area contributed by atoms with Gasteiger partial charge < -0.3 is 20.9 Å². The highest BCUT2D eigenvalue weighted by Crippen LogP contribution is 2.29. The molecule has 1 aliphatic heterocycles. The average Bonchev–Trinajstić information content (AvgIpc) is 2.76. The summed E-state index contributed by atoms with van der Waals surface area (Å²) in [4.78, 5) is 13.5. The Balaban J connectivity index is 1.44. The van der Waals surface area contributed by atoms with Crippen LogP contribution in [0.2, 0.25) is 5.02 Å². The van der Waals surface area contributed by atoms with E-state index in [1.54, 1.807) is 6.33 Å². The second-order valence-corrected chi connectivity index (χ2v) is 8.00. The van der Waals surface area contributed by atoms with E-state index in [1.165, 1.54) is 16.8 Å². The van der Waals surface area contributed by atoms with Crippen LogP contribution in [-0.2, 0) is 6.54 Å². The third-order valence-electron chi connectivity index (χ3n) is 5.76. The Bertz CT molecular complexity index is 1030. The number of nitrogen functional groups attached to an aromatic ring is 1. The molecule has 0 radical (unpaired) electrons. The molecule has 0 atom stereocenters. The Morgan fingerprint density at radius 1 is 0.967 bits per heavy atom. The smallest absolute Gasteiger partial charge is 0.157 e. The summed E-state index contributed by atoms with van der Waals surface area (Å²) >= 11 is 6.25. The number of nitrogens with two attached hydrogens (primary N) is 1. The normalized spacial score (nSPS) is 14.1. The van der Waals surface area contributed by atoms with Crippen molar-refractivity contribution in [1.82, 2.24) is 9.97 Å². The Morgan fingerprint density at radius 3 is 2.47 bits per heavy atom. The zero-order valence-electron chi connectivity index (χ0n) is 17.4. The first-order valence-electron chi connectivity index (χ1n) is 10.2. The molecule has 0 saturated carbocycles. The number of benzene rings is 2. The molecule has 1 aliphatic rings. The van der Waals surface area contributed by atoms with Gasteiger partial charge in [-0.2, -0.15) is 0 Å². The minimum absolute atomic E-state index is 0.556. The summed E-state index contributed by atoms with van der Waals surface area (Å²) in [6.45, 7) is 8.48. The fourth-order valence-corrected chi connectivity index (χ4v) is 4.04. The van der Waals surface area contributed by atoms with E-state index >= 15 is 0 Å². The zero-order valence-corrected chi connectivity index (χ0v) is 18.2. The van der Waals surface area contributed by atoms with Gasteiger partial charge in [-0.25, -0.2) is 9.97 Å². The summed E-state index contributed by atoms with van der Waals surface area (Å²) in [5.74, 6) is 1.42. The molecule has 1 fully saturated rings. The van der Waals surface area contributed by atoms with Crippen molar-refractivity contribution in [3.8, 4) is 0 Å². The molecule has 1 saturated heterocycles. The Morgan fingerprint density at radius 2 is 1.70 bits per heavy atom. The maximum absolute atomic E-state index is 6.43. The molecule has 0 spiro atoms. The Labute approximate surface area is 182 Å². The molecule has 2 heterocycles. The number of hydrogen-bond donors (Lipinski definition) is 2. The van der Waals surface area contributed by atoms with E-state index < -0.39 is 0 Å². The lowest BCUT2D eigenvalue weighted by atomic mass is 10.1. The molecule has 0 aliphatic carbocycles. The van der Waals surface area contributed by atoms with Gasteiger partial charge in [0, 0.05) is 43.4 Å². The largest absolute Gasteiger partial charge is 0.393 e. The molecule has 3 aromatic rings. The number of piperazine rings is 1. The van der Waals surface area contributed by atoms with Crippen LogP contribution in [0.1, 0.15) is 16.7 Å². The van der Waals surface area contributed by atoms with Crippen LogP contribution in [0.5, 0.6) is 0 Å². The highest BCUT2D eigenvalue weighted by Gasteiger charge is 2.22. The molecule has 0 amide bonds. The van der Waals surface area contributed by atoms with Gasteiger partial charge in [0.1, 0.15) is 12.0 Å². The average molecular weight is 423 g/mol. The van der Waals surface area contributed by atoms with Crippen molar-refractivity contribution in [3.05, 3.63) is 70.5 Å². The Hall–Kier alpha value is -2.99. The number of aryl methyl sites for hydroxylation is 1. The van der Waals surface area contributed by atoms with Crippen LogP contribution in [0.4, 0.5) is 23.0 Å². The van der Waals surface area contributed by atoms with Crippen LogP contribution < -0.4 is 20.9 Å². The standard InChI is InChI=1S/C23H27ClN6/c1-16-6-5-9-20(17(16)2)29-10-12-30(13-11-29)23-21(25)22(27-15-28-23)26-14-18-7-3-4-8-19(18)24/h3-9,15H,10-14,25H2,1-2H3,(H,26,27,28). The fraction of sp³-hybridized carbons (Fsp3) is 0.304. The lowest BCUT2D eigenvalue weighted by Gasteiger charge is -2.38. The van der Waals surface area contributed by atoms with Crippen molar-refractivity contribution < 1.29 is 0 Å². The van der Waals surface area contributed by atoms with E-state index in [1.807, 2.05) is 24.3 Å². The second kappa shape index (κ2) is 8.79. The quantitative estimate of drug-likeness (QED) is 0.640. The summed E-state index contributed by atoms with van der Waals surface area (Å²) < 4.78 is 0. The predicted octanol–water partition coefficient (Wildman–Crippen LogP) is 4.27. The molecule has 3 N–H and O–H groups in total. The third-order valence-corrected chi connectivity index (χ3v) is 6.13. The molecular formula is C23H27ClN6. The highest BCUT2D eigenvalue weighted by molar-refractivity contribution is 6.31. The Kier molecular flexibility index (Phi) is 5.95. The molecule has 30 heavy (non-hydrogen) atoms. The minimum atomic E-state index is 0.556. The van der Waals surface area contributed by atoms with Crippen molar-refractivity contribution in [2.24, 2.45) is 0 Å². The number of nitrogens with one attached hydrogen (secondary N) is 1. The fourth-order valence-electron chi connectivity index (χ4n) is 3.84. The lowest BCUT2D eigenvalue weighted by Crippen LogP contribution is -2.47. The number of anilines is 4. The molecule has 1 aromatic heterocycles. The first-order chi connectivity index (χ1) is 14.5. The summed E-state index contributed by atoms with van der Waals surface area (Å²) in [7, 11) is 0. The third kappa shape index (κ3) is 4.14. The minimum Gasteiger partial charge on any atom is -0.393 e. The highest BCUT2D eigenvalue weighted by atomic mass is 35.5. The number of halogens is 1. The van der Waals surface area contributed by atoms with Gasteiger partial charge in [-0.15, -0.1) is 0 Å². The molecule has 2 aromatic carbocycles. The van der Waals surface area contributed by atoms with Crippen molar-refractivity contribution in [1.29, 1.82) is 0 Å². The van der Waals surface area contributed by atoms with Gasteiger partial charge in [0.2, 0.25) is 0 Å². The predicted molar refractivity (Wildman–Crippen MR) is 126 cm³/mol. The van der Waals surface area contributed by atoms with Crippen LogP contribution in [0, 0.1) is 13.8 Å². The first-order valence-corrected chi connectivity index (χ1v) is 10.6. The molecule has 6 nitrogen and oxygen atoms in total. The van der Waals surface area contributed by atoms with Gasteiger partial charge in [0.25, 0.3) is 0 Å². The lowest BCUT2D eigenvalue weighted by molar-refractivity contribution is 0.646. The number of aromatic nitrogens is 2. The van der Waals surface area contributed by atoms with E-state index in [2.05, 4.69) is 57.1 Å². The van der Waals surface area contributed by atoms with Crippen LogP contribution in [-0.4, -0.2) is 36.1 Å². The SMILES string of the molecule is Cc1cccc(N2CCN(c3ncnc(NCc4ccccc4Cl)c3N)CC2)c1C. The van der Waals surface area contributed by atoms with Crippen LogP contribution in [0.3, 0.4) is 0 Å². The monoisotopic (exact) mass is 422 g/mol. The molecular weight excluding hydrogens is 396 g/mol. The van der Waals surface area contributed by atoms with Gasteiger partial charge >= 0.3 is 0 Å². The second-order valence-electron chi connectivity index (χ2n) is 7.60. The number of hydrogen-bond acceptors (Lipinski definition) is 6. The van der Waals surface area contributed by atoms with Crippen molar-refractivity contribution >= 4 is 34.6 Å². The molecule has 4 rings (SSSR count). The van der Waals surface area contributed by atoms with Crippen LogP contribution in [0.25, 0.3) is 0 Å². The zero-order chi connectivity index (χ0) is 21.1. The molecule has 156 valence electrons. The van der Waals surface area contributed by atoms with Gasteiger partial charge in [-0.3, -0.25) is 0 Å². The maximum Gasteiger partial charge on any atom is 0.157 e. The molecule has 0 bridgehead atoms. The maximum atomic E-state index is 6.43. The van der Waals surface area contributed by atoms with Crippen molar-refractivity contribution in [2.45, 2.75) is 20.4 Å². The topological polar surface area (TPSA) is 70.3 Å². The van der Waals surface area contributed by atoms with E-state index in [0.717, 1.165) is 42.6 Å². The van der Waals surface area contributed by atoms with Gasteiger partial charge in [0.05, 0.1) is 0 Å². The summed E-state index contributed by atoms with van der Waals surface area (Å²) in [5, 5.41) is 4.02. The van der Waals surface area contributed by atoms with E-state index in [-0.39, 0.29) is 0 Å². The molecule has 7 heteroatoms. The van der Waals surface area contributed by atoms with Crippen LogP contribution >= 0.6 is 11.6 Å². The molecule has 0 unspecified atom stereocenters. The van der Waals surface area contributed by atoms with Gasteiger partial charge in [-0.1, -0.05) is 41.9 Å². The van der Waals surface area contributed by atoms with E-state index in [9.17, 15) is 0 Å². The van der Waals surface area contributed by atoms with Gasteiger partial charge in [0.15, 0.2) is 11.6 Å². The van der Waals surface area contributed by atoms with Crippen LogP contribution in [0.15, 0.2) is 48.8 Å². The van der Waals surface area contributed by atoms with E-state index in [0.29, 0.717) is 18.1 Å². The van der Waals surface area contributed by atoms with Crippen molar-refractivity contribution in [2.75, 3.05) is 47.0 Å². The summed E-state index contributed by atoms with van der Waals surface area (Å²) in [5.41, 5.74) is 12.0. The van der Waals surface area contributed by atoms with Crippen molar-refractivity contribution in [3.63, 3.8) is 0 Å². The van der Waals surface area contributed by atoms with E-state index in [4.69, 9.17) is 17.3 Å². The number of nitrogens with zero attached hydrogens (tertiary/aromatic N) is 4. The number of rotatable bonds is 5. The first kappa shape index (κ1) is 20.3. The summed E-state index contributed by atoms with van der Waals surface area (Å²) in [6, 6.07) is 14.2. The van der Waals surface area contributed by atoms with Gasteiger partial charge in [-0.05, 0) is 42.7 Å².